The van der Waals surface area contributed by atoms with Crippen LogP contribution in [0.25, 0.3) is 0 Å². The van der Waals surface area contributed by atoms with Gasteiger partial charge in [-0.15, -0.1) is 4.52 Å². The number of hydrogen-bond donors (Lipinski definition) is 4. The average Bonchev–Trinajstić information content (AvgIpc) is 3.00. The molecule has 1 aliphatic heterocycles. The molecule has 1 saturated heterocycles. The summed E-state index contributed by atoms with van der Waals surface area (Å²) in [6, 6.07) is -1.14. The summed E-state index contributed by atoms with van der Waals surface area (Å²) in [6.45, 7) is 3.19. The summed E-state index contributed by atoms with van der Waals surface area (Å²) < 4.78 is 54.5. The minimum absolute atomic E-state index is 0.325. The second-order valence-corrected chi connectivity index (χ2v) is 8.75. The van der Waals surface area contributed by atoms with Crippen molar-refractivity contribution < 1.29 is 42.4 Å². The second-order valence-electron chi connectivity index (χ2n) is 7.80. The molecular formula is C18H21B2F2N3O9P+. The van der Waals surface area contributed by atoms with Crippen molar-refractivity contribution in [1.29, 1.82) is 0 Å². The van der Waals surface area contributed by atoms with Gasteiger partial charge in [0, 0.05) is 0 Å². The fourth-order valence-electron chi connectivity index (χ4n) is 3.04. The van der Waals surface area contributed by atoms with Crippen LogP contribution in [0.1, 0.15) is 27.0 Å². The molecule has 6 atom stereocenters. The predicted octanol–water partition coefficient (Wildman–Crippen LogP) is -1.77. The Balaban J connectivity index is 2.35. The van der Waals surface area contributed by atoms with Crippen LogP contribution in [0.15, 0.2) is 15.8 Å². The summed E-state index contributed by atoms with van der Waals surface area (Å²) in [5.41, 5.74) is -5.50. The topological polar surface area (TPSA) is 169 Å². The van der Waals surface area contributed by atoms with Crippen molar-refractivity contribution in [1.82, 2.24) is 14.6 Å². The molecule has 0 aromatic carbocycles. The number of nitrogens with zero attached hydrogens (tertiary/aromatic N) is 1. The summed E-state index contributed by atoms with van der Waals surface area (Å²) in [5, 5.41) is 21.2. The van der Waals surface area contributed by atoms with Gasteiger partial charge in [0.2, 0.25) is 5.82 Å². The van der Waals surface area contributed by atoms with Crippen LogP contribution in [-0.2, 0) is 23.4 Å². The van der Waals surface area contributed by atoms with Gasteiger partial charge in [-0.25, -0.2) is 9.18 Å². The van der Waals surface area contributed by atoms with Crippen LogP contribution in [0.5, 0.6) is 0 Å². The number of alkyl halides is 1. The third-order valence-corrected chi connectivity index (χ3v) is 5.69. The Morgan fingerprint density at radius 1 is 1.46 bits per heavy atom. The van der Waals surface area contributed by atoms with Gasteiger partial charge in [-0.1, -0.05) is 16.9 Å². The number of nitrogens with one attached hydrogen (secondary N) is 2. The summed E-state index contributed by atoms with van der Waals surface area (Å²) in [5.74, 6) is 1.55. The van der Waals surface area contributed by atoms with Gasteiger partial charge in [-0.2, -0.15) is 4.39 Å². The van der Waals surface area contributed by atoms with Crippen LogP contribution in [0.4, 0.5) is 8.78 Å². The van der Waals surface area contributed by atoms with E-state index in [2.05, 4.69) is 5.09 Å². The van der Waals surface area contributed by atoms with Crippen molar-refractivity contribution in [2.24, 2.45) is 0 Å². The molecule has 17 heteroatoms. The van der Waals surface area contributed by atoms with E-state index in [1.807, 2.05) is 11.8 Å². The molecule has 3 unspecified atom stereocenters. The van der Waals surface area contributed by atoms with Crippen LogP contribution >= 0.6 is 8.18 Å². The third kappa shape index (κ3) is 6.43. The smallest absolute Gasteiger partial charge is 0.462 e. The molecule has 0 spiro atoms. The van der Waals surface area contributed by atoms with Gasteiger partial charge < -0.3 is 19.7 Å². The Kier molecular flexibility index (Phi) is 9.16. The molecule has 0 saturated carbocycles. The number of hydrogen-bond acceptors (Lipinski definition) is 9. The number of carbonyl (C=O) groups excluding carboxylic acids is 1. The first-order chi connectivity index (χ1) is 16.1. The quantitative estimate of drug-likeness (QED) is 0.135. The van der Waals surface area contributed by atoms with Crippen LogP contribution in [0.2, 0.25) is 0 Å². The molecular weight excluding hydrogens is 493 g/mol. The maximum Gasteiger partial charge on any atom is 0.612 e. The highest BCUT2D eigenvalue weighted by atomic mass is 31.1. The molecule has 35 heavy (non-hydrogen) atoms. The fraction of sp³-hybridized carbons (Fsp3) is 0.611. The van der Waals surface area contributed by atoms with Gasteiger partial charge >= 0.3 is 19.8 Å². The lowest BCUT2D eigenvalue weighted by Crippen LogP contribution is -2.55. The first kappa shape index (κ1) is 28.8. The van der Waals surface area contributed by atoms with Gasteiger partial charge in [0.05, 0.1) is 17.7 Å². The Hall–Kier alpha value is -2.40. The van der Waals surface area contributed by atoms with Gasteiger partial charge in [-0.3, -0.25) is 19.1 Å². The number of carbonyl (C=O) groups is 1. The van der Waals surface area contributed by atoms with Crippen LogP contribution in [-0.4, -0.2) is 83.5 Å². The van der Waals surface area contributed by atoms with Gasteiger partial charge in [0.25, 0.3) is 5.56 Å². The Labute approximate surface area is 201 Å². The zero-order valence-corrected chi connectivity index (χ0v) is 19.6. The van der Waals surface area contributed by atoms with Crippen LogP contribution in [0.3, 0.4) is 0 Å². The second kappa shape index (κ2) is 11.1. The minimum Gasteiger partial charge on any atom is -0.462 e. The highest BCUT2D eigenvalue weighted by Crippen LogP contribution is 2.42. The summed E-state index contributed by atoms with van der Waals surface area (Å²) in [7, 11) is 8.59. The van der Waals surface area contributed by atoms with Crippen molar-refractivity contribution in [3.05, 3.63) is 32.9 Å². The maximum atomic E-state index is 13.8. The van der Waals surface area contributed by atoms with Gasteiger partial charge in [0.1, 0.15) is 40.6 Å². The number of H-pyrrole nitrogens is 1. The molecule has 1 aliphatic rings. The molecule has 186 valence electrons. The fourth-order valence-corrected chi connectivity index (χ4v) is 3.90. The molecule has 4 radical (unpaired) electrons. The zero-order valence-electron chi connectivity index (χ0n) is 18.7. The SMILES string of the molecule is [B]C([B])(O[P+](=O)N[C@@H](C)C(=O)OC(C)C)C1O[C@@H](n2cc(F)c(=O)[nH]c2=O)C(O)(C#CCF)[C@H]1O. The summed E-state index contributed by atoms with van der Waals surface area (Å²) >= 11 is 0. The lowest BCUT2D eigenvalue weighted by Gasteiger charge is -2.30. The van der Waals surface area contributed by atoms with Crippen molar-refractivity contribution in [2.75, 3.05) is 6.67 Å². The Morgan fingerprint density at radius 2 is 2.09 bits per heavy atom. The van der Waals surface area contributed by atoms with Crippen LogP contribution < -0.4 is 16.3 Å². The highest BCUT2D eigenvalue weighted by Gasteiger charge is 2.61. The number of aromatic amines is 1. The van der Waals surface area contributed by atoms with Crippen molar-refractivity contribution in [3.63, 3.8) is 0 Å². The molecule has 0 bridgehead atoms. The summed E-state index contributed by atoms with van der Waals surface area (Å²) in [4.78, 5) is 37.0. The van der Waals surface area contributed by atoms with E-state index in [0.717, 1.165) is 0 Å². The van der Waals surface area contributed by atoms with E-state index in [-0.39, 0.29) is 0 Å². The highest BCUT2D eigenvalue weighted by molar-refractivity contribution is 7.37. The number of halogens is 2. The molecule has 2 heterocycles. The molecule has 2 rings (SSSR count). The van der Waals surface area contributed by atoms with Gasteiger partial charge in [0.15, 0.2) is 11.8 Å². The van der Waals surface area contributed by atoms with E-state index in [1.165, 1.54) is 6.92 Å². The minimum atomic E-state index is -3.02. The molecule has 4 N–H and O–H groups in total. The van der Waals surface area contributed by atoms with E-state index in [9.17, 15) is 37.9 Å². The molecule has 1 aromatic rings. The van der Waals surface area contributed by atoms with Crippen LogP contribution in [0, 0.1) is 17.7 Å². The third-order valence-electron chi connectivity index (χ3n) is 4.61. The van der Waals surface area contributed by atoms with Crippen molar-refractivity contribution in [2.45, 2.75) is 62.4 Å². The number of aliphatic hydroxyl groups is 2. The first-order valence-electron chi connectivity index (χ1n) is 9.97. The summed E-state index contributed by atoms with van der Waals surface area (Å²) in [6.07, 6.45) is -6.44. The zero-order chi connectivity index (χ0) is 26.7. The number of esters is 1. The first-order valence-corrected chi connectivity index (χ1v) is 11.2. The number of ether oxygens (including phenoxy) is 2. The normalized spacial score (nSPS) is 25.6. The lowest BCUT2D eigenvalue weighted by atomic mass is 9.60. The molecule has 1 fully saturated rings. The maximum absolute atomic E-state index is 13.8. The van der Waals surface area contributed by atoms with E-state index in [0.29, 0.717) is 10.8 Å². The van der Waals surface area contributed by atoms with Crippen molar-refractivity contribution >= 4 is 29.8 Å². The molecule has 0 amide bonds. The Bertz CT molecular complexity index is 1150. The van der Waals surface area contributed by atoms with Crippen molar-refractivity contribution in [3.8, 4) is 11.8 Å². The van der Waals surface area contributed by atoms with E-state index in [1.54, 1.807) is 18.8 Å². The molecule has 0 aliphatic carbocycles. The standard InChI is InChI=1S/C18H20B2F2N3O9P/c1-8(2)32-14(28)9(3)24-35(31)34-18(19,20)12-11(26)17(30,5-4-6-21)15(33-12)25-7-10(22)13(27)23-16(25)29/h7-9,11-12,15,26,30H,6H2,1-3H3,(H-,23,24,27,29,31)/p+1/t9-,11-,12?,15+,17?/m0/s1. The van der Waals surface area contributed by atoms with E-state index in [4.69, 9.17) is 29.7 Å². The average molecular weight is 514 g/mol. The number of aliphatic hydroxyl groups excluding tert-OH is 1. The lowest BCUT2D eigenvalue weighted by molar-refractivity contribution is -0.149. The molecule has 1 aromatic heterocycles. The van der Waals surface area contributed by atoms with E-state index >= 15 is 0 Å². The largest absolute Gasteiger partial charge is 0.612 e. The number of aromatic nitrogens is 2. The Morgan fingerprint density at radius 3 is 2.66 bits per heavy atom. The monoisotopic (exact) mass is 514 g/mol. The predicted molar refractivity (Wildman–Crippen MR) is 117 cm³/mol. The molecule has 12 nitrogen and oxygen atoms in total. The number of rotatable bonds is 8. The van der Waals surface area contributed by atoms with Gasteiger partial charge in [-0.05, 0) is 25.3 Å². The van der Waals surface area contributed by atoms with E-state index < -0.39 is 79.5 Å².